The van der Waals surface area contributed by atoms with Crippen LogP contribution in [0.1, 0.15) is 18.1 Å². The molecule has 0 amide bonds. The molecule has 1 N–H and O–H groups in total. The molecule has 1 rings (SSSR count). The second-order valence-electron chi connectivity index (χ2n) is 3.14. The van der Waals surface area contributed by atoms with Crippen molar-refractivity contribution < 1.29 is 0 Å². The summed E-state index contributed by atoms with van der Waals surface area (Å²) >= 11 is 0. The zero-order valence-corrected chi connectivity index (χ0v) is 8.33. The fraction of sp³-hybridized carbons (Fsp3) is 0.250. The van der Waals surface area contributed by atoms with Gasteiger partial charge in [-0.25, -0.2) is 0 Å². The summed E-state index contributed by atoms with van der Waals surface area (Å²) in [5, 5.41) is 12.0. The minimum atomic E-state index is -0.0658. The number of aryl methyl sites for hydroxylation is 1. The van der Waals surface area contributed by atoms with Crippen LogP contribution in [0.25, 0.3) is 0 Å². The summed E-state index contributed by atoms with van der Waals surface area (Å²) in [6.45, 7) is 3.79. The monoisotopic (exact) mass is 184 g/mol. The lowest BCUT2D eigenvalue weighted by molar-refractivity contribution is 1.03. The SMILES string of the molecule is C#CC(C)Nc1cccc(C)c1C#N. The van der Waals surface area contributed by atoms with Crippen molar-refractivity contribution in [2.75, 3.05) is 5.32 Å². The van der Waals surface area contributed by atoms with Crippen LogP contribution in [0.15, 0.2) is 18.2 Å². The van der Waals surface area contributed by atoms with Crippen LogP contribution >= 0.6 is 0 Å². The van der Waals surface area contributed by atoms with E-state index in [1.807, 2.05) is 32.0 Å². The van der Waals surface area contributed by atoms with Crippen LogP contribution in [-0.4, -0.2) is 6.04 Å². The normalized spacial score (nSPS) is 11.1. The van der Waals surface area contributed by atoms with Gasteiger partial charge in [0.15, 0.2) is 0 Å². The lowest BCUT2D eigenvalue weighted by atomic mass is 10.1. The number of anilines is 1. The molecule has 70 valence electrons. The molecule has 1 aromatic rings. The second kappa shape index (κ2) is 4.35. The summed E-state index contributed by atoms with van der Waals surface area (Å²) < 4.78 is 0. The Morgan fingerprint density at radius 2 is 2.21 bits per heavy atom. The molecule has 0 aliphatic rings. The van der Waals surface area contributed by atoms with Gasteiger partial charge in [-0.05, 0) is 25.5 Å². The average Bonchev–Trinajstić information content (AvgIpc) is 2.18. The Labute approximate surface area is 84.6 Å². The number of hydrogen-bond acceptors (Lipinski definition) is 2. The quantitative estimate of drug-likeness (QED) is 0.716. The van der Waals surface area contributed by atoms with E-state index in [-0.39, 0.29) is 6.04 Å². The second-order valence-corrected chi connectivity index (χ2v) is 3.14. The Bertz CT molecular complexity index is 407. The third kappa shape index (κ3) is 2.06. The number of terminal acetylenes is 1. The van der Waals surface area contributed by atoms with E-state index in [1.54, 1.807) is 0 Å². The lowest BCUT2D eigenvalue weighted by Gasteiger charge is -2.11. The zero-order chi connectivity index (χ0) is 10.6. The van der Waals surface area contributed by atoms with Crippen molar-refractivity contribution in [3.63, 3.8) is 0 Å². The molecular weight excluding hydrogens is 172 g/mol. The maximum Gasteiger partial charge on any atom is 0.102 e. The van der Waals surface area contributed by atoms with Crippen molar-refractivity contribution in [1.29, 1.82) is 5.26 Å². The standard InChI is InChI=1S/C12H12N2/c1-4-10(3)14-12-7-5-6-9(2)11(12)8-13/h1,5-7,10,14H,2-3H3. The first-order chi connectivity index (χ1) is 6.69. The van der Waals surface area contributed by atoms with Gasteiger partial charge in [0, 0.05) is 0 Å². The first-order valence-electron chi connectivity index (χ1n) is 4.41. The molecule has 0 saturated heterocycles. The van der Waals surface area contributed by atoms with Crippen LogP contribution in [0.3, 0.4) is 0 Å². The summed E-state index contributed by atoms with van der Waals surface area (Å²) in [4.78, 5) is 0. The molecule has 2 heteroatoms. The molecule has 2 nitrogen and oxygen atoms in total. The Morgan fingerprint density at radius 3 is 2.79 bits per heavy atom. The molecule has 0 aliphatic carbocycles. The molecule has 0 aromatic heterocycles. The minimum absolute atomic E-state index is 0.0658. The summed E-state index contributed by atoms with van der Waals surface area (Å²) in [6.07, 6.45) is 5.25. The van der Waals surface area contributed by atoms with Gasteiger partial charge < -0.3 is 5.32 Å². The van der Waals surface area contributed by atoms with Crippen LogP contribution in [0.4, 0.5) is 5.69 Å². The van der Waals surface area contributed by atoms with Crippen LogP contribution in [0.2, 0.25) is 0 Å². The van der Waals surface area contributed by atoms with E-state index < -0.39 is 0 Å². The summed E-state index contributed by atoms with van der Waals surface area (Å²) in [5.74, 6) is 2.56. The number of nitrogens with zero attached hydrogens (tertiary/aromatic N) is 1. The third-order valence-corrected chi connectivity index (χ3v) is 2.01. The van der Waals surface area contributed by atoms with Crippen LogP contribution in [-0.2, 0) is 0 Å². The van der Waals surface area contributed by atoms with Gasteiger partial charge in [0.05, 0.1) is 17.3 Å². The third-order valence-electron chi connectivity index (χ3n) is 2.01. The first-order valence-corrected chi connectivity index (χ1v) is 4.41. The van der Waals surface area contributed by atoms with Gasteiger partial charge in [-0.2, -0.15) is 5.26 Å². The molecule has 14 heavy (non-hydrogen) atoms. The fourth-order valence-corrected chi connectivity index (χ4v) is 1.21. The number of hydrogen-bond donors (Lipinski definition) is 1. The molecule has 1 unspecified atom stereocenters. The van der Waals surface area contributed by atoms with Crippen molar-refractivity contribution in [1.82, 2.24) is 0 Å². The molecular formula is C12H12N2. The van der Waals surface area contributed by atoms with E-state index in [9.17, 15) is 0 Å². The Kier molecular flexibility index (Phi) is 3.15. The average molecular weight is 184 g/mol. The van der Waals surface area contributed by atoms with Crippen LogP contribution in [0, 0.1) is 30.6 Å². The van der Waals surface area contributed by atoms with Gasteiger partial charge in [-0.15, -0.1) is 6.42 Å². The molecule has 0 saturated carbocycles. The highest BCUT2D eigenvalue weighted by Gasteiger charge is 2.05. The van der Waals surface area contributed by atoms with Gasteiger partial charge in [-0.3, -0.25) is 0 Å². The molecule has 0 fully saturated rings. The fourth-order valence-electron chi connectivity index (χ4n) is 1.21. The van der Waals surface area contributed by atoms with Crippen molar-refractivity contribution in [3.8, 4) is 18.4 Å². The van der Waals surface area contributed by atoms with Gasteiger partial charge >= 0.3 is 0 Å². The summed E-state index contributed by atoms with van der Waals surface area (Å²) in [6, 6.07) is 7.77. The highest BCUT2D eigenvalue weighted by Crippen LogP contribution is 2.18. The van der Waals surface area contributed by atoms with Gasteiger partial charge in [0.25, 0.3) is 0 Å². The summed E-state index contributed by atoms with van der Waals surface area (Å²) in [7, 11) is 0. The molecule has 0 heterocycles. The number of nitrogens with one attached hydrogen (secondary N) is 1. The topological polar surface area (TPSA) is 35.8 Å². The number of rotatable bonds is 2. The number of nitriles is 1. The predicted octanol–water partition coefficient (Wildman–Crippen LogP) is 2.30. The summed E-state index contributed by atoms with van der Waals surface area (Å²) in [5.41, 5.74) is 2.43. The highest BCUT2D eigenvalue weighted by molar-refractivity contribution is 5.61. The van der Waals surface area contributed by atoms with Crippen molar-refractivity contribution in [3.05, 3.63) is 29.3 Å². The maximum absolute atomic E-state index is 8.94. The van der Waals surface area contributed by atoms with Gasteiger partial charge in [-0.1, -0.05) is 18.1 Å². The molecule has 0 spiro atoms. The smallest absolute Gasteiger partial charge is 0.102 e. The Hall–Kier alpha value is -1.93. The van der Waals surface area contributed by atoms with Crippen LogP contribution < -0.4 is 5.32 Å². The van der Waals surface area contributed by atoms with Crippen molar-refractivity contribution in [2.24, 2.45) is 0 Å². The van der Waals surface area contributed by atoms with Gasteiger partial charge in [0.2, 0.25) is 0 Å². The predicted molar refractivity (Wildman–Crippen MR) is 57.8 cm³/mol. The molecule has 0 bridgehead atoms. The van der Waals surface area contributed by atoms with E-state index in [0.29, 0.717) is 5.56 Å². The van der Waals surface area contributed by atoms with Gasteiger partial charge in [0.1, 0.15) is 6.07 Å². The highest BCUT2D eigenvalue weighted by atomic mass is 14.9. The van der Waals surface area contributed by atoms with Crippen molar-refractivity contribution in [2.45, 2.75) is 19.9 Å². The Morgan fingerprint density at radius 1 is 1.50 bits per heavy atom. The molecule has 0 aliphatic heterocycles. The number of benzene rings is 1. The molecule has 1 atom stereocenters. The van der Waals surface area contributed by atoms with Crippen LogP contribution in [0.5, 0.6) is 0 Å². The molecule has 0 radical (unpaired) electrons. The molecule has 1 aromatic carbocycles. The van der Waals surface area contributed by atoms with E-state index in [4.69, 9.17) is 11.7 Å². The Balaban J connectivity index is 3.05. The zero-order valence-electron chi connectivity index (χ0n) is 8.33. The lowest BCUT2D eigenvalue weighted by Crippen LogP contribution is -2.13. The maximum atomic E-state index is 8.94. The van der Waals surface area contributed by atoms with E-state index in [1.165, 1.54) is 0 Å². The first kappa shape index (κ1) is 10.2. The van der Waals surface area contributed by atoms with Crippen molar-refractivity contribution >= 4 is 5.69 Å². The van der Waals surface area contributed by atoms with E-state index in [0.717, 1.165) is 11.3 Å². The van der Waals surface area contributed by atoms with E-state index in [2.05, 4.69) is 17.3 Å². The van der Waals surface area contributed by atoms with E-state index >= 15 is 0 Å². The minimum Gasteiger partial charge on any atom is -0.371 e. The largest absolute Gasteiger partial charge is 0.371 e.